The lowest BCUT2D eigenvalue weighted by Crippen LogP contribution is -2.03. The van der Waals surface area contributed by atoms with Gasteiger partial charge >= 0.3 is 0 Å². The molecule has 16 aromatic carbocycles. The lowest BCUT2D eigenvalue weighted by molar-refractivity contribution is 0.991. The summed E-state index contributed by atoms with van der Waals surface area (Å²) in [6.45, 7) is 0. The molecule has 0 N–H and O–H groups in total. The van der Waals surface area contributed by atoms with Gasteiger partial charge < -0.3 is 0 Å². The Morgan fingerprint density at radius 3 is 0.992 bits per heavy atom. The normalized spacial score (nSPS) is 12.2. The van der Waals surface area contributed by atoms with Gasteiger partial charge in [0.25, 0.3) is 0 Å². The summed E-state index contributed by atoms with van der Waals surface area (Å²) >= 11 is 0. The maximum atomic E-state index is 5.35. The van der Waals surface area contributed by atoms with E-state index in [0.29, 0.717) is 0 Å². The van der Waals surface area contributed by atoms with E-state index in [-0.39, 0.29) is 0 Å². The lowest BCUT2D eigenvalue weighted by Gasteiger charge is -2.23. The van der Waals surface area contributed by atoms with Crippen molar-refractivity contribution < 1.29 is 0 Å². The number of benzene rings is 16. The Morgan fingerprint density at radius 1 is 0.197 bits per heavy atom. The number of hydrogen-bond acceptors (Lipinski definition) is 8. The van der Waals surface area contributed by atoms with Crippen LogP contribution in [0.5, 0.6) is 0 Å². The molecule has 0 saturated heterocycles. The highest BCUT2D eigenvalue weighted by molar-refractivity contribution is 6.16. The number of rotatable bonds is 9. The van der Waals surface area contributed by atoms with Gasteiger partial charge in [-0.05, 0) is 214 Å². The van der Waals surface area contributed by atoms with Crippen molar-refractivity contribution in [3.05, 3.63) is 406 Å². The van der Waals surface area contributed by atoms with Gasteiger partial charge in [0.05, 0.1) is 78.3 Å². The molecule has 8 aromatic heterocycles. The van der Waals surface area contributed by atoms with Crippen molar-refractivity contribution in [2.75, 3.05) is 0 Å². The van der Waals surface area contributed by atoms with E-state index in [1.807, 2.05) is 24.5 Å². The topological polar surface area (TPSA) is 103 Å². The molecule has 0 atom stereocenters. The van der Waals surface area contributed by atoms with E-state index in [2.05, 4.69) is 386 Å². The van der Waals surface area contributed by atoms with Crippen LogP contribution in [0.15, 0.2) is 395 Å². The van der Waals surface area contributed by atoms with Crippen LogP contribution in [0.1, 0.15) is 17.5 Å². The molecule has 25 rings (SSSR count). The summed E-state index contributed by atoms with van der Waals surface area (Å²) in [5.74, 6) is 0. The van der Waals surface area contributed by atoms with Crippen LogP contribution in [-0.4, -0.2) is 39.9 Å². The maximum absolute atomic E-state index is 5.35. The number of pyridine rings is 8. The van der Waals surface area contributed by atoms with Gasteiger partial charge in [-0.15, -0.1) is 0 Å². The van der Waals surface area contributed by atoms with E-state index >= 15 is 0 Å². The van der Waals surface area contributed by atoms with E-state index in [1.54, 1.807) is 0 Å². The number of allylic oxidation sites excluding steroid dienone is 1. The minimum atomic E-state index is 0.916. The highest BCUT2D eigenvalue weighted by Gasteiger charge is 2.24. The van der Waals surface area contributed by atoms with Crippen molar-refractivity contribution in [3.8, 4) is 101 Å². The Morgan fingerprint density at radius 2 is 0.533 bits per heavy atom. The first-order chi connectivity index (χ1) is 60.4. The summed E-state index contributed by atoms with van der Waals surface area (Å²) in [4.78, 5) is 40.7. The lowest BCUT2D eigenvalue weighted by atomic mass is 9.81. The minimum Gasteiger partial charge on any atom is -0.254 e. The van der Waals surface area contributed by atoms with Crippen LogP contribution < -0.4 is 0 Å². The number of fused-ring (bicyclic) bond motifs is 17. The van der Waals surface area contributed by atoms with E-state index < -0.39 is 0 Å². The fraction of sp³-hybridized carbons (Fsp3) is 0.0175. The van der Waals surface area contributed by atoms with Gasteiger partial charge in [0, 0.05) is 88.9 Å². The molecule has 24 aromatic rings. The quantitative estimate of drug-likeness (QED) is 0.132. The average Bonchev–Trinajstić information content (AvgIpc) is 0.729. The molecule has 0 radical (unpaired) electrons. The zero-order valence-electron chi connectivity index (χ0n) is 66.1. The summed E-state index contributed by atoms with van der Waals surface area (Å²) in [6, 6.07) is 134. The van der Waals surface area contributed by atoms with Gasteiger partial charge in [0.15, 0.2) is 0 Å². The van der Waals surface area contributed by atoms with Gasteiger partial charge in [0.2, 0.25) is 0 Å². The summed E-state index contributed by atoms with van der Waals surface area (Å²) in [7, 11) is 0. The molecule has 8 heterocycles. The monoisotopic (exact) mass is 1550 g/mol. The Balaban J connectivity index is 0.000000139. The van der Waals surface area contributed by atoms with Crippen LogP contribution in [-0.2, 0) is 6.42 Å². The van der Waals surface area contributed by atoms with Gasteiger partial charge in [-0.2, -0.15) is 0 Å². The summed E-state index contributed by atoms with van der Waals surface area (Å²) in [6.07, 6.45) is 10.4. The molecule has 8 nitrogen and oxygen atoms in total. The Kier molecular flexibility index (Phi) is 16.6. The van der Waals surface area contributed by atoms with E-state index in [9.17, 15) is 0 Å². The molecule has 0 spiro atoms. The summed E-state index contributed by atoms with van der Waals surface area (Å²) in [5, 5.41) is 20.8. The Bertz CT molecular complexity index is 8550. The van der Waals surface area contributed by atoms with Crippen LogP contribution in [0.3, 0.4) is 0 Å². The van der Waals surface area contributed by atoms with Crippen LogP contribution in [0, 0.1) is 0 Å². The van der Waals surface area contributed by atoms with Crippen molar-refractivity contribution in [2.24, 2.45) is 0 Å². The standard InChI is InChI=1S/C60H38N4.C54H32N4/c1-2-11-37(12-3-1)57-48-16-6-8-18-50(48)58(51-19-9-7-17-49(51)57)56-33-26-43-36-41(24-30-53(43)63-56)40-23-29-52-42(35-40)25-32-54(62-52)46-27-28-47(45-15-5-4-14-44(45)46)55-31-22-39-21-20-38-13-10-34-61-59(38)60(39)64-55;1-2-10-40-37(8-1)32-47(44-14-6-3-11-41(40)44)52-28-21-39-31-36(19-25-49(39)57-52)35-18-24-48-38(30-35)20-27-50(56-48)45-22-23-46(43-13-5-4-12-42(43)45)51-26-17-34-16-15-33-9-7-29-55-53(33)54(34)58-51/h1-6,8-16,18-36H,7,17H2;1-32H. The SMILES string of the molecule is C1=Cc2c(c(-c3ccccc3)c3ccccc3c2-c2ccc3cc(-c4ccc5nc(-c6ccc(-c7ccc8ccc9cccnc9c8n7)c7ccccc67)ccc5c4)ccc3n2)CC1.c1ccc2c(c1)cc(-c1ccc3cc(-c4ccc5nc(-c6ccc(-c7ccc8ccc9cccnc9c8n7)c7ccccc67)ccc5c4)ccc3n1)c1ccccc12. The second-order valence-electron chi connectivity index (χ2n) is 31.8. The minimum absolute atomic E-state index is 0.916. The second kappa shape index (κ2) is 28.9. The summed E-state index contributed by atoms with van der Waals surface area (Å²) < 4.78 is 0. The smallest absolute Gasteiger partial charge is 0.0972 e. The average molecular weight is 1550 g/mol. The predicted octanol–water partition coefficient (Wildman–Crippen LogP) is 29.5. The third-order valence-electron chi connectivity index (χ3n) is 24.8. The van der Waals surface area contributed by atoms with Gasteiger partial charge in [-0.1, -0.05) is 285 Å². The third kappa shape index (κ3) is 12.1. The van der Waals surface area contributed by atoms with Crippen molar-refractivity contribution in [1.82, 2.24) is 39.9 Å². The Hall–Kier alpha value is -16.2. The highest BCUT2D eigenvalue weighted by atomic mass is 14.8. The van der Waals surface area contributed by atoms with E-state index in [4.69, 9.17) is 29.9 Å². The fourth-order valence-corrected chi connectivity index (χ4v) is 18.9. The van der Waals surface area contributed by atoms with Crippen molar-refractivity contribution in [1.29, 1.82) is 0 Å². The van der Waals surface area contributed by atoms with E-state index in [1.165, 1.54) is 60.1 Å². The van der Waals surface area contributed by atoms with Crippen LogP contribution in [0.4, 0.5) is 0 Å². The van der Waals surface area contributed by atoms with Crippen LogP contribution >= 0.6 is 0 Å². The molecule has 1 aliphatic carbocycles. The largest absolute Gasteiger partial charge is 0.254 e. The van der Waals surface area contributed by atoms with Gasteiger partial charge in [-0.3, -0.25) is 9.97 Å². The molecule has 0 unspecified atom stereocenters. The van der Waals surface area contributed by atoms with Gasteiger partial charge in [0.1, 0.15) is 0 Å². The first-order valence-corrected chi connectivity index (χ1v) is 41.6. The van der Waals surface area contributed by atoms with Crippen molar-refractivity contribution in [2.45, 2.75) is 12.8 Å². The highest BCUT2D eigenvalue weighted by Crippen LogP contribution is 2.47. The number of aromatic nitrogens is 8. The molecule has 566 valence electrons. The zero-order valence-corrected chi connectivity index (χ0v) is 66.1. The van der Waals surface area contributed by atoms with E-state index in [0.717, 1.165) is 206 Å². The van der Waals surface area contributed by atoms with Gasteiger partial charge in [-0.25, -0.2) is 29.9 Å². The molecule has 0 bridgehead atoms. The molecular formula is C114H70N8. The van der Waals surface area contributed by atoms with Crippen molar-refractivity contribution in [3.63, 3.8) is 0 Å². The molecule has 122 heavy (non-hydrogen) atoms. The molecule has 8 heteroatoms. The predicted molar refractivity (Wildman–Crippen MR) is 509 cm³/mol. The third-order valence-corrected chi connectivity index (χ3v) is 24.8. The molecule has 0 aliphatic heterocycles. The van der Waals surface area contributed by atoms with Crippen LogP contribution in [0.2, 0.25) is 0 Å². The summed E-state index contributed by atoms with van der Waals surface area (Å²) in [5.41, 5.74) is 29.9. The maximum Gasteiger partial charge on any atom is 0.0972 e. The molecular weight excluding hydrogens is 1480 g/mol. The molecule has 0 amide bonds. The number of hydrogen-bond donors (Lipinski definition) is 0. The first-order valence-electron chi connectivity index (χ1n) is 41.6. The second-order valence-corrected chi connectivity index (χ2v) is 31.8. The fourth-order valence-electron chi connectivity index (χ4n) is 18.9. The molecule has 1 aliphatic rings. The zero-order chi connectivity index (χ0) is 80.3. The number of nitrogens with zero attached hydrogens (tertiary/aromatic N) is 8. The molecule has 0 saturated carbocycles. The van der Waals surface area contributed by atoms with Crippen LogP contribution in [0.25, 0.3) is 248 Å². The Labute approximate surface area is 701 Å². The van der Waals surface area contributed by atoms with Crippen molar-refractivity contribution >= 4 is 147 Å². The first kappa shape index (κ1) is 70.1. The molecule has 0 fully saturated rings.